The highest BCUT2D eigenvalue weighted by Gasteiger charge is 2.22. The SMILES string of the molecule is COC(C)(C)CCCC(N)C(C)(C)C. The molecular formula is C12H27NO. The summed E-state index contributed by atoms with van der Waals surface area (Å²) in [5.74, 6) is 0. The molecule has 0 bridgehead atoms. The van der Waals surface area contributed by atoms with Crippen molar-refractivity contribution in [3.63, 3.8) is 0 Å². The summed E-state index contributed by atoms with van der Waals surface area (Å²) in [6, 6.07) is 0.287. The summed E-state index contributed by atoms with van der Waals surface area (Å²) in [6.45, 7) is 10.8. The normalized spacial score (nSPS) is 15.6. The Morgan fingerprint density at radius 3 is 2.00 bits per heavy atom. The van der Waals surface area contributed by atoms with Crippen LogP contribution < -0.4 is 5.73 Å². The van der Waals surface area contributed by atoms with Crippen molar-refractivity contribution in [1.82, 2.24) is 0 Å². The van der Waals surface area contributed by atoms with E-state index in [-0.39, 0.29) is 17.1 Å². The minimum absolute atomic E-state index is 0.00238. The van der Waals surface area contributed by atoms with Gasteiger partial charge in [0.2, 0.25) is 0 Å². The standard InChI is InChI=1S/C12H27NO/c1-11(2,3)10(13)8-7-9-12(4,5)14-6/h10H,7-9,13H2,1-6H3. The highest BCUT2D eigenvalue weighted by Crippen LogP contribution is 2.24. The highest BCUT2D eigenvalue weighted by molar-refractivity contribution is 4.78. The fraction of sp³-hybridized carbons (Fsp3) is 1.00. The molecule has 0 rings (SSSR count). The number of methoxy groups -OCH3 is 1. The highest BCUT2D eigenvalue weighted by atomic mass is 16.5. The molecule has 14 heavy (non-hydrogen) atoms. The maximum atomic E-state index is 6.08. The fourth-order valence-electron chi connectivity index (χ4n) is 1.28. The molecule has 86 valence electrons. The number of nitrogens with two attached hydrogens (primary N) is 1. The Bertz CT molecular complexity index is 158. The molecule has 0 aromatic heterocycles. The summed E-state index contributed by atoms with van der Waals surface area (Å²) in [7, 11) is 1.77. The third-order valence-electron chi connectivity index (χ3n) is 2.96. The van der Waals surface area contributed by atoms with Crippen LogP contribution in [0.2, 0.25) is 0 Å². The van der Waals surface area contributed by atoms with Crippen molar-refractivity contribution in [1.29, 1.82) is 0 Å². The lowest BCUT2D eigenvalue weighted by molar-refractivity contribution is 0.0125. The van der Waals surface area contributed by atoms with Gasteiger partial charge in [0.05, 0.1) is 5.60 Å². The first-order chi connectivity index (χ1) is 6.19. The Labute approximate surface area is 89.2 Å². The number of hydrogen-bond acceptors (Lipinski definition) is 2. The first-order valence-corrected chi connectivity index (χ1v) is 5.50. The summed E-state index contributed by atoms with van der Waals surface area (Å²) < 4.78 is 5.36. The van der Waals surface area contributed by atoms with E-state index in [4.69, 9.17) is 10.5 Å². The van der Waals surface area contributed by atoms with Gasteiger partial charge in [0.15, 0.2) is 0 Å². The first-order valence-electron chi connectivity index (χ1n) is 5.50. The summed E-state index contributed by atoms with van der Waals surface area (Å²) in [5.41, 5.74) is 6.30. The van der Waals surface area contributed by atoms with Crippen LogP contribution in [0.4, 0.5) is 0 Å². The lowest BCUT2D eigenvalue weighted by Gasteiger charge is -2.29. The molecule has 0 amide bonds. The molecular weight excluding hydrogens is 174 g/mol. The predicted molar refractivity (Wildman–Crippen MR) is 62.4 cm³/mol. The summed E-state index contributed by atoms with van der Waals surface area (Å²) in [5, 5.41) is 0. The van der Waals surface area contributed by atoms with Gasteiger partial charge in [-0.1, -0.05) is 20.8 Å². The average Bonchev–Trinajstić information content (AvgIpc) is 2.02. The molecule has 0 spiro atoms. The second kappa shape index (κ2) is 5.13. The quantitative estimate of drug-likeness (QED) is 0.742. The van der Waals surface area contributed by atoms with Crippen molar-refractivity contribution >= 4 is 0 Å². The summed E-state index contributed by atoms with van der Waals surface area (Å²) in [6.07, 6.45) is 3.29. The summed E-state index contributed by atoms with van der Waals surface area (Å²) >= 11 is 0. The molecule has 2 N–H and O–H groups in total. The molecule has 0 saturated heterocycles. The fourth-order valence-corrected chi connectivity index (χ4v) is 1.28. The van der Waals surface area contributed by atoms with Gasteiger partial charge in [-0.3, -0.25) is 0 Å². The van der Waals surface area contributed by atoms with E-state index < -0.39 is 0 Å². The third kappa shape index (κ3) is 5.61. The zero-order chi connectivity index (χ0) is 11.4. The smallest absolute Gasteiger partial charge is 0.0622 e. The Morgan fingerprint density at radius 1 is 1.14 bits per heavy atom. The van der Waals surface area contributed by atoms with Crippen molar-refractivity contribution in [2.24, 2.45) is 11.1 Å². The maximum Gasteiger partial charge on any atom is 0.0622 e. The van der Waals surface area contributed by atoms with Crippen LogP contribution in [0.1, 0.15) is 53.9 Å². The van der Waals surface area contributed by atoms with E-state index in [1.54, 1.807) is 7.11 Å². The van der Waals surface area contributed by atoms with Crippen LogP contribution in [0.5, 0.6) is 0 Å². The second-order valence-electron chi connectivity index (χ2n) is 5.83. The van der Waals surface area contributed by atoms with E-state index in [9.17, 15) is 0 Å². The van der Waals surface area contributed by atoms with Gasteiger partial charge in [-0.25, -0.2) is 0 Å². The Hall–Kier alpha value is -0.0800. The zero-order valence-electron chi connectivity index (χ0n) is 10.7. The molecule has 0 heterocycles. The van der Waals surface area contributed by atoms with E-state index in [0.717, 1.165) is 19.3 Å². The molecule has 0 saturated carbocycles. The van der Waals surface area contributed by atoms with Gasteiger partial charge < -0.3 is 10.5 Å². The van der Waals surface area contributed by atoms with Gasteiger partial charge in [0.25, 0.3) is 0 Å². The Morgan fingerprint density at radius 2 is 1.64 bits per heavy atom. The summed E-state index contributed by atoms with van der Waals surface area (Å²) in [4.78, 5) is 0. The van der Waals surface area contributed by atoms with Crippen LogP contribution in [0.25, 0.3) is 0 Å². The molecule has 0 aliphatic carbocycles. The van der Waals surface area contributed by atoms with E-state index in [2.05, 4.69) is 34.6 Å². The van der Waals surface area contributed by atoms with Crippen molar-refractivity contribution in [2.45, 2.75) is 65.5 Å². The zero-order valence-corrected chi connectivity index (χ0v) is 10.7. The number of ether oxygens (including phenoxy) is 1. The average molecular weight is 201 g/mol. The van der Waals surface area contributed by atoms with Crippen LogP contribution in [0.3, 0.4) is 0 Å². The topological polar surface area (TPSA) is 35.2 Å². The maximum absolute atomic E-state index is 6.08. The molecule has 0 aromatic carbocycles. The van der Waals surface area contributed by atoms with Crippen molar-refractivity contribution in [3.8, 4) is 0 Å². The second-order valence-corrected chi connectivity index (χ2v) is 5.83. The van der Waals surface area contributed by atoms with Gasteiger partial charge >= 0.3 is 0 Å². The van der Waals surface area contributed by atoms with E-state index in [1.165, 1.54) is 0 Å². The lowest BCUT2D eigenvalue weighted by atomic mass is 9.83. The van der Waals surface area contributed by atoms with Crippen molar-refractivity contribution in [3.05, 3.63) is 0 Å². The van der Waals surface area contributed by atoms with Crippen LogP contribution >= 0.6 is 0 Å². The first kappa shape index (κ1) is 13.9. The molecule has 0 fully saturated rings. The molecule has 1 unspecified atom stereocenters. The van der Waals surface area contributed by atoms with Gasteiger partial charge in [0.1, 0.15) is 0 Å². The lowest BCUT2D eigenvalue weighted by Crippen LogP contribution is -2.35. The van der Waals surface area contributed by atoms with Gasteiger partial charge in [-0.15, -0.1) is 0 Å². The molecule has 0 aliphatic heterocycles. The molecule has 0 aromatic rings. The van der Waals surface area contributed by atoms with E-state index in [0.29, 0.717) is 0 Å². The third-order valence-corrected chi connectivity index (χ3v) is 2.96. The van der Waals surface area contributed by atoms with E-state index >= 15 is 0 Å². The molecule has 2 heteroatoms. The van der Waals surface area contributed by atoms with Gasteiger partial charge in [-0.05, 0) is 38.5 Å². The Balaban J connectivity index is 3.75. The minimum atomic E-state index is -0.00238. The minimum Gasteiger partial charge on any atom is -0.379 e. The van der Waals surface area contributed by atoms with Crippen molar-refractivity contribution in [2.75, 3.05) is 7.11 Å². The van der Waals surface area contributed by atoms with Gasteiger partial charge in [0, 0.05) is 13.2 Å². The monoisotopic (exact) mass is 201 g/mol. The van der Waals surface area contributed by atoms with Crippen molar-refractivity contribution < 1.29 is 4.74 Å². The van der Waals surface area contributed by atoms with Crippen LogP contribution in [0.15, 0.2) is 0 Å². The van der Waals surface area contributed by atoms with E-state index in [1.807, 2.05) is 0 Å². The van der Waals surface area contributed by atoms with Crippen LogP contribution in [-0.2, 0) is 4.74 Å². The van der Waals surface area contributed by atoms with Gasteiger partial charge in [-0.2, -0.15) is 0 Å². The van der Waals surface area contributed by atoms with Crippen LogP contribution in [0, 0.1) is 5.41 Å². The molecule has 0 radical (unpaired) electrons. The Kier molecular flexibility index (Phi) is 5.10. The number of hydrogen-bond donors (Lipinski definition) is 1. The molecule has 1 atom stereocenters. The predicted octanol–water partition coefficient (Wildman–Crippen LogP) is 2.96. The largest absolute Gasteiger partial charge is 0.379 e. The van der Waals surface area contributed by atoms with Crippen LogP contribution in [-0.4, -0.2) is 18.8 Å². The molecule has 2 nitrogen and oxygen atoms in total. The number of rotatable bonds is 5. The molecule has 0 aliphatic rings.